The van der Waals surface area contributed by atoms with E-state index in [1.807, 2.05) is 0 Å². The van der Waals surface area contributed by atoms with E-state index in [9.17, 15) is 9.59 Å². The van der Waals surface area contributed by atoms with Gasteiger partial charge in [-0.1, -0.05) is 41.6 Å². The van der Waals surface area contributed by atoms with Crippen molar-refractivity contribution in [1.29, 1.82) is 0 Å². The third-order valence-electron chi connectivity index (χ3n) is 3.09. The quantitative estimate of drug-likeness (QED) is 0.674. The summed E-state index contributed by atoms with van der Waals surface area (Å²) in [4.78, 5) is 24.6. The van der Waals surface area contributed by atoms with Gasteiger partial charge in [0.25, 0.3) is 0 Å². The van der Waals surface area contributed by atoms with Crippen LogP contribution in [0.2, 0.25) is 0 Å². The largest absolute Gasteiger partial charge is 0.410 e. The molecule has 2 aromatic carbocycles. The van der Waals surface area contributed by atoms with Gasteiger partial charge in [0.05, 0.1) is 11.4 Å². The van der Waals surface area contributed by atoms with Crippen molar-refractivity contribution in [2.75, 3.05) is 10.0 Å². The summed E-state index contributed by atoms with van der Waals surface area (Å²) in [5.41, 5.74) is 0.513. The molecule has 2 amide bonds. The topological polar surface area (TPSA) is 73.2 Å². The van der Waals surface area contributed by atoms with E-state index in [-0.39, 0.29) is 0 Å². The number of hydrogen-bond donors (Lipinski definition) is 1. The highest BCUT2D eigenvalue weighted by Gasteiger charge is 2.45. The molecule has 0 atom stereocenters. The van der Waals surface area contributed by atoms with E-state index in [1.54, 1.807) is 60.7 Å². The molecule has 0 aromatic heterocycles. The number of hydrazine groups is 1. The summed E-state index contributed by atoms with van der Waals surface area (Å²) in [6, 6.07) is 17.4. The fourth-order valence-corrected chi connectivity index (χ4v) is 2.16. The van der Waals surface area contributed by atoms with Gasteiger partial charge in [0.1, 0.15) is 0 Å². The van der Waals surface area contributed by atoms with E-state index in [4.69, 9.17) is 5.21 Å². The Balaban J connectivity index is 2.15. The fourth-order valence-electron chi connectivity index (χ4n) is 2.16. The minimum Gasteiger partial charge on any atom is -0.410 e. The van der Waals surface area contributed by atoms with Crippen LogP contribution in [0.25, 0.3) is 0 Å². The lowest BCUT2D eigenvalue weighted by Crippen LogP contribution is -2.41. The standard InChI is InChI=1S/C15H11N3O3/c19-14-13(16-21)15(20)18(12-9-5-2-6-10-12)17(14)11-7-3-1-4-8-11/h1-10,21H. The van der Waals surface area contributed by atoms with Gasteiger partial charge in [0.15, 0.2) is 0 Å². The molecule has 3 rings (SSSR count). The summed E-state index contributed by atoms with van der Waals surface area (Å²) >= 11 is 0. The molecule has 104 valence electrons. The van der Waals surface area contributed by atoms with Crippen LogP contribution in [0.15, 0.2) is 65.8 Å². The molecule has 0 aliphatic carbocycles. The second-order valence-corrected chi connectivity index (χ2v) is 4.35. The predicted octanol–water partition coefficient (Wildman–Crippen LogP) is 1.81. The minimum absolute atomic E-state index is 0.511. The molecule has 0 unspecified atom stereocenters. The molecule has 1 N–H and O–H groups in total. The van der Waals surface area contributed by atoms with Crippen LogP contribution in [0.3, 0.4) is 0 Å². The van der Waals surface area contributed by atoms with Crippen LogP contribution in [-0.2, 0) is 9.59 Å². The fraction of sp³-hybridized carbons (Fsp3) is 0. The van der Waals surface area contributed by atoms with E-state index in [1.165, 1.54) is 10.0 Å². The van der Waals surface area contributed by atoms with Crippen LogP contribution in [0, 0.1) is 0 Å². The Kier molecular flexibility index (Phi) is 3.12. The van der Waals surface area contributed by atoms with Crippen molar-refractivity contribution in [3.63, 3.8) is 0 Å². The van der Waals surface area contributed by atoms with Crippen molar-refractivity contribution in [2.45, 2.75) is 0 Å². The zero-order valence-corrected chi connectivity index (χ0v) is 10.9. The smallest absolute Gasteiger partial charge is 0.305 e. The van der Waals surface area contributed by atoms with Crippen LogP contribution < -0.4 is 10.0 Å². The maximum absolute atomic E-state index is 12.3. The number of hydrogen-bond acceptors (Lipinski definition) is 4. The number of rotatable bonds is 2. The Labute approximate surface area is 120 Å². The molecule has 0 saturated carbocycles. The van der Waals surface area contributed by atoms with Gasteiger partial charge in [0.2, 0.25) is 5.71 Å². The number of anilines is 2. The summed E-state index contributed by atoms with van der Waals surface area (Å²) in [6.07, 6.45) is 0. The molecule has 0 radical (unpaired) electrons. The number of para-hydroxylation sites is 2. The highest BCUT2D eigenvalue weighted by molar-refractivity contribution is 6.74. The molecular formula is C15H11N3O3. The van der Waals surface area contributed by atoms with Gasteiger partial charge < -0.3 is 5.21 Å². The molecule has 6 nitrogen and oxygen atoms in total. The van der Waals surface area contributed by atoms with Gasteiger partial charge >= 0.3 is 11.8 Å². The molecular weight excluding hydrogens is 270 g/mol. The first-order valence-electron chi connectivity index (χ1n) is 6.25. The lowest BCUT2D eigenvalue weighted by molar-refractivity contribution is -0.112. The Morgan fingerprint density at radius 2 is 1.10 bits per heavy atom. The zero-order chi connectivity index (χ0) is 14.8. The highest BCUT2D eigenvalue weighted by Crippen LogP contribution is 2.27. The summed E-state index contributed by atoms with van der Waals surface area (Å²) < 4.78 is 0. The summed E-state index contributed by atoms with van der Waals surface area (Å²) in [7, 11) is 0. The van der Waals surface area contributed by atoms with Crippen LogP contribution in [0.1, 0.15) is 0 Å². The summed E-state index contributed by atoms with van der Waals surface area (Å²) in [5.74, 6) is -1.34. The molecule has 1 aliphatic heterocycles. The second-order valence-electron chi connectivity index (χ2n) is 4.35. The van der Waals surface area contributed by atoms with E-state index >= 15 is 0 Å². The molecule has 1 aliphatic rings. The first kappa shape index (κ1) is 12.9. The first-order valence-corrected chi connectivity index (χ1v) is 6.25. The van der Waals surface area contributed by atoms with Crippen molar-refractivity contribution in [1.82, 2.24) is 0 Å². The van der Waals surface area contributed by atoms with Crippen molar-refractivity contribution in [2.24, 2.45) is 5.16 Å². The van der Waals surface area contributed by atoms with Gasteiger partial charge in [-0.05, 0) is 24.3 Å². The molecule has 1 heterocycles. The SMILES string of the molecule is O=C1C(=NO)C(=O)N(c2ccccc2)N1c1ccccc1. The third kappa shape index (κ3) is 2.02. The van der Waals surface area contributed by atoms with Crippen molar-refractivity contribution in [3.05, 3.63) is 60.7 Å². The van der Waals surface area contributed by atoms with Gasteiger partial charge in [-0.3, -0.25) is 9.59 Å². The average molecular weight is 281 g/mol. The van der Waals surface area contributed by atoms with E-state index in [0.29, 0.717) is 11.4 Å². The molecule has 0 spiro atoms. The number of oxime groups is 1. The van der Waals surface area contributed by atoms with Crippen LogP contribution in [0.5, 0.6) is 0 Å². The van der Waals surface area contributed by atoms with E-state index in [0.717, 1.165) is 0 Å². The zero-order valence-electron chi connectivity index (χ0n) is 10.9. The Morgan fingerprint density at radius 1 is 0.714 bits per heavy atom. The van der Waals surface area contributed by atoms with Gasteiger partial charge in [0, 0.05) is 0 Å². The minimum atomic E-state index is -0.669. The lowest BCUT2D eigenvalue weighted by Gasteiger charge is -2.26. The lowest BCUT2D eigenvalue weighted by atomic mass is 10.3. The molecule has 0 bridgehead atoms. The number of amides is 2. The molecule has 1 fully saturated rings. The Bertz CT molecular complexity index is 654. The predicted molar refractivity (Wildman–Crippen MR) is 77.1 cm³/mol. The van der Waals surface area contributed by atoms with Crippen molar-refractivity contribution >= 4 is 28.9 Å². The van der Waals surface area contributed by atoms with Crippen LogP contribution in [-0.4, -0.2) is 22.7 Å². The number of carbonyl (C=O) groups is 2. The highest BCUT2D eigenvalue weighted by atomic mass is 16.4. The maximum atomic E-state index is 12.3. The molecule has 2 aromatic rings. The number of carbonyl (C=O) groups excluding carboxylic acids is 2. The number of nitrogens with zero attached hydrogens (tertiary/aromatic N) is 3. The first-order chi connectivity index (χ1) is 10.2. The summed E-state index contributed by atoms with van der Waals surface area (Å²) in [6.45, 7) is 0. The molecule has 6 heteroatoms. The Hall–Kier alpha value is -3.15. The third-order valence-corrected chi connectivity index (χ3v) is 3.09. The van der Waals surface area contributed by atoms with Crippen molar-refractivity contribution in [3.8, 4) is 0 Å². The van der Waals surface area contributed by atoms with E-state index < -0.39 is 17.5 Å². The molecule has 1 saturated heterocycles. The molecule has 21 heavy (non-hydrogen) atoms. The summed E-state index contributed by atoms with van der Waals surface area (Å²) in [5, 5.41) is 14.1. The van der Waals surface area contributed by atoms with Gasteiger partial charge in [-0.15, -0.1) is 0 Å². The van der Waals surface area contributed by atoms with Crippen LogP contribution in [0.4, 0.5) is 11.4 Å². The number of benzene rings is 2. The van der Waals surface area contributed by atoms with Gasteiger partial charge in [-0.2, -0.15) is 0 Å². The van der Waals surface area contributed by atoms with Crippen LogP contribution >= 0.6 is 0 Å². The van der Waals surface area contributed by atoms with Gasteiger partial charge in [-0.25, -0.2) is 10.0 Å². The normalized spacial score (nSPS) is 14.8. The average Bonchev–Trinajstić information content (AvgIpc) is 2.79. The van der Waals surface area contributed by atoms with E-state index in [2.05, 4.69) is 5.16 Å². The second kappa shape index (κ2) is 5.09. The monoisotopic (exact) mass is 281 g/mol. The Morgan fingerprint density at radius 3 is 1.43 bits per heavy atom. The van der Waals surface area contributed by atoms with Crippen molar-refractivity contribution < 1.29 is 14.8 Å². The maximum Gasteiger partial charge on any atom is 0.305 e.